The van der Waals surface area contributed by atoms with Crippen molar-refractivity contribution in [1.82, 2.24) is 14.8 Å². The average Bonchev–Trinajstić information content (AvgIpc) is 3.03. The Hall–Kier alpha value is -2.33. The third kappa shape index (κ3) is 2.59. The lowest BCUT2D eigenvalue weighted by Gasteiger charge is -2.32. The minimum Gasteiger partial charge on any atom is -0.347 e. The summed E-state index contributed by atoms with van der Waals surface area (Å²) >= 11 is 6.39. The van der Waals surface area contributed by atoms with Gasteiger partial charge in [-0.3, -0.25) is 0 Å². The van der Waals surface area contributed by atoms with Gasteiger partial charge in [-0.15, -0.1) is 0 Å². The SMILES string of the molecule is Cc1cccc(C2CC(c3ccccc3Cl)Nc3ncnn32)c1. The Morgan fingerprint density at radius 3 is 2.87 bits per heavy atom. The van der Waals surface area contributed by atoms with E-state index in [1.807, 2.05) is 22.9 Å². The summed E-state index contributed by atoms with van der Waals surface area (Å²) in [6.45, 7) is 2.11. The number of aryl methyl sites for hydroxylation is 1. The Bertz CT molecular complexity index is 842. The van der Waals surface area contributed by atoms with E-state index in [-0.39, 0.29) is 12.1 Å². The first-order valence-corrected chi connectivity index (χ1v) is 8.07. The number of hydrogen-bond donors (Lipinski definition) is 1. The Morgan fingerprint density at radius 1 is 1.17 bits per heavy atom. The summed E-state index contributed by atoms with van der Waals surface area (Å²) in [6, 6.07) is 16.8. The molecule has 4 rings (SSSR count). The number of anilines is 1. The molecule has 2 unspecified atom stereocenters. The quantitative estimate of drug-likeness (QED) is 0.760. The minimum atomic E-state index is 0.117. The van der Waals surface area contributed by atoms with Gasteiger partial charge in [0.1, 0.15) is 6.33 Å². The zero-order chi connectivity index (χ0) is 15.8. The summed E-state index contributed by atoms with van der Waals surface area (Å²) in [5.41, 5.74) is 3.59. The molecular formula is C18H17ClN4. The highest BCUT2D eigenvalue weighted by Gasteiger charge is 2.30. The van der Waals surface area contributed by atoms with Crippen molar-refractivity contribution in [2.75, 3.05) is 5.32 Å². The van der Waals surface area contributed by atoms with Crippen molar-refractivity contribution >= 4 is 17.5 Å². The number of hydrogen-bond acceptors (Lipinski definition) is 3. The Balaban J connectivity index is 1.77. The fourth-order valence-corrected chi connectivity index (χ4v) is 3.50. The summed E-state index contributed by atoms with van der Waals surface area (Å²) in [5, 5.41) is 8.64. The molecular weight excluding hydrogens is 308 g/mol. The van der Waals surface area contributed by atoms with Gasteiger partial charge in [-0.05, 0) is 30.5 Å². The number of benzene rings is 2. The predicted molar refractivity (Wildman–Crippen MR) is 91.8 cm³/mol. The molecule has 1 aliphatic heterocycles. The maximum Gasteiger partial charge on any atom is 0.222 e. The second kappa shape index (κ2) is 5.70. The van der Waals surface area contributed by atoms with Gasteiger partial charge in [-0.25, -0.2) is 4.68 Å². The van der Waals surface area contributed by atoms with Gasteiger partial charge < -0.3 is 5.32 Å². The van der Waals surface area contributed by atoms with E-state index in [2.05, 4.69) is 52.7 Å². The third-order valence-electron chi connectivity index (χ3n) is 4.34. The minimum absolute atomic E-state index is 0.117. The zero-order valence-electron chi connectivity index (χ0n) is 12.8. The summed E-state index contributed by atoms with van der Waals surface area (Å²) in [6.07, 6.45) is 2.48. The van der Waals surface area contributed by atoms with Gasteiger partial charge in [0.15, 0.2) is 0 Å². The van der Waals surface area contributed by atoms with Crippen LogP contribution in [-0.2, 0) is 0 Å². The van der Waals surface area contributed by atoms with Crippen molar-refractivity contribution in [3.8, 4) is 0 Å². The molecule has 0 fully saturated rings. The van der Waals surface area contributed by atoms with E-state index in [4.69, 9.17) is 11.6 Å². The van der Waals surface area contributed by atoms with Crippen LogP contribution in [0.2, 0.25) is 5.02 Å². The molecule has 0 spiro atoms. The van der Waals surface area contributed by atoms with Gasteiger partial charge in [0, 0.05) is 5.02 Å². The molecule has 0 radical (unpaired) electrons. The number of aromatic nitrogens is 3. The summed E-state index contributed by atoms with van der Waals surface area (Å²) in [4.78, 5) is 4.36. The first kappa shape index (κ1) is 14.3. The van der Waals surface area contributed by atoms with Gasteiger partial charge in [0.2, 0.25) is 5.95 Å². The average molecular weight is 325 g/mol. The second-order valence-corrected chi connectivity index (χ2v) is 6.32. The monoisotopic (exact) mass is 324 g/mol. The van der Waals surface area contributed by atoms with Gasteiger partial charge in [0.05, 0.1) is 12.1 Å². The molecule has 5 heteroatoms. The molecule has 1 aromatic heterocycles. The van der Waals surface area contributed by atoms with Gasteiger partial charge in [0.25, 0.3) is 0 Å². The molecule has 3 aromatic rings. The van der Waals surface area contributed by atoms with Crippen LogP contribution in [0, 0.1) is 6.92 Å². The van der Waals surface area contributed by atoms with Crippen LogP contribution in [0.1, 0.15) is 35.2 Å². The van der Waals surface area contributed by atoms with Crippen LogP contribution in [0.3, 0.4) is 0 Å². The summed E-state index contributed by atoms with van der Waals surface area (Å²) in [5.74, 6) is 0.785. The molecule has 2 atom stereocenters. The molecule has 23 heavy (non-hydrogen) atoms. The molecule has 1 aliphatic rings. The van der Waals surface area contributed by atoms with Crippen molar-refractivity contribution in [3.63, 3.8) is 0 Å². The van der Waals surface area contributed by atoms with Crippen molar-refractivity contribution in [2.24, 2.45) is 0 Å². The van der Waals surface area contributed by atoms with Gasteiger partial charge in [-0.1, -0.05) is 59.6 Å². The van der Waals surface area contributed by atoms with Crippen LogP contribution in [0.4, 0.5) is 5.95 Å². The lowest BCUT2D eigenvalue weighted by Crippen LogP contribution is -2.28. The van der Waals surface area contributed by atoms with Crippen LogP contribution in [0.25, 0.3) is 0 Å². The highest BCUT2D eigenvalue weighted by molar-refractivity contribution is 6.31. The van der Waals surface area contributed by atoms with E-state index < -0.39 is 0 Å². The number of nitrogens with one attached hydrogen (secondary N) is 1. The number of fused-ring (bicyclic) bond motifs is 1. The molecule has 116 valence electrons. The third-order valence-corrected chi connectivity index (χ3v) is 4.68. The summed E-state index contributed by atoms with van der Waals surface area (Å²) < 4.78 is 1.96. The first-order valence-electron chi connectivity index (χ1n) is 7.69. The van der Waals surface area contributed by atoms with E-state index in [1.165, 1.54) is 11.1 Å². The van der Waals surface area contributed by atoms with Crippen LogP contribution in [-0.4, -0.2) is 14.8 Å². The normalized spacial score (nSPS) is 19.9. The molecule has 0 bridgehead atoms. The van der Waals surface area contributed by atoms with Crippen molar-refractivity contribution in [2.45, 2.75) is 25.4 Å². The Labute approximate surface area is 140 Å². The van der Waals surface area contributed by atoms with Crippen LogP contribution >= 0.6 is 11.6 Å². The molecule has 4 nitrogen and oxygen atoms in total. The summed E-state index contributed by atoms with van der Waals surface area (Å²) in [7, 11) is 0. The zero-order valence-corrected chi connectivity index (χ0v) is 13.5. The molecule has 0 saturated carbocycles. The van der Waals surface area contributed by atoms with E-state index in [0.29, 0.717) is 0 Å². The molecule has 1 N–H and O–H groups in total. The van der Waals surface area contributed by atoms with Crippen LogP contribution in [0.15, 0.2) is 54.9 Å². The predicted octanol–water partition coefficient (Wildman–Crippen LogP) is 4.39. The fourth-order valence-electron chi connectivity index (χ4n) is 3.24. The van der Waals surface area contributed by atoms with Crippen molar-refractivity contribution in [1.29, 1.82) is 0 Å². The highest BCUT2D eigenvalue weighted by atomic mass is 35.5. The van der Waals surface area contributed by atoms with E-state index in [1.54, 1.807) is 6.33 Å². The number of rotatable bonds is 2. The number of halogens is 1. The van der Waals surface area contributed by atoms with Crippen molar-refractivity contribution in [3.05, 3.63) is 76.6 Å². The standard InChI is InChI=1S/C18H17ClN4/c1-12-5-4-6-13(9-12)17-10-16(14-7-2-3-8-15(14)19)22-18-20-11-21-23(17)18/h2-9,11,16-17H,10H2,1H3,(H,20,21,22). The van der Waals surface area contributed by atoms with Crippen LogP contribution < -0.4 is 5.32 Å². The molecule has 0 aliphatic carbocycles. The molecule has 0 saturated heterocycles. The second-order valence-electron chi connectivity index (χ2n) is 5.91. The lowest BCUT2D eigenvalue weighted by atomic mass is 9.92. The highest BCUT2D eigenvalue weighted by Crippen LogP contribution is 2.39. The first-order chi connectivity index (χ1) is 11.2. The maximum absolute atomic E-state index is 6.39. The van der Waals surface area contributed by atoms with Gasteiger partial charge >= 0.3 is 0 Å². The largest absolute Gasteiger partial charge is 0.347 e. The fraction of sp³-hybridized carbons (Fsp3) is 0.222. The Morgan fingerprint density at radius 2 is 2.04 bits per heavy atom. The Kier molecular flexibility index (Phi) is 3.54. The van der Waals surface area contributed by atoms with Crippen LogP contribution in [0.5, 0.6) is 0 Å². The van der Waals surface area contributed by atoms with E-state index >= 15 is 0 Å². The smallest absolute Gasteiger partial charge is 0.222 e. The van der Waals surface area contributed by atoms with E-state index in [9.17, 15) is 0 Å². The van der Waals surface area contributed by atoms with E-state index in [0.717, 1.165) is 23.0 Å². The molecule has 2 heterocycles. The maximum atomic E-state index is 6.39. The lowest BCUT2D eigenvalue weighted by molar-refractivity contribution is 0.431. The number of nitrogens with zero attached hydrogens (tertiary/aromatic N) is 3. The molecule has 0 amide bonds. The topological polar surface area (TPSA) is 42.7 Å². The van der Waals surface area contributed by atoms with Crippen molar-refractivity contribution < 1.29 is 0 Å². The molecule has 2 aromatic carbocycles. The van der Waals surface area contributed by atoms with Gasteiger partial charge in [-0.2, -0.15) is 10.1 Å².